The van der Waals surface area contributed by atoms with Gasteiger partial charge in [-0.05, 0) is 42.2 Å². The van der Waals surface area contributed by atoms with Crippen molar-refractivity contribution in [3.05, 3.63) is 24.0 Å². The minimum atomic E-state index is 0.466. The lowest BCUT2D eigenvalue weighted by Gasteiger charge is -2.45. The summed E-state index contributed by atoms with van der Waals surface area (Å²) in [5.74, 6) is 0. The van der Waals surface area contributed by atoms with Crippen LogP contribution in [-0.4, -0.2) is 10.6 Å². The third-order valence-corrected chi connectivity index (χ3v) is 4.18. The standard InChI is InChI=1S/C16H28N2/c1-15(2)9-13(10-16(3,4)12-15)17-11-14-7-6-8-18(14)5/h6-8,13,17H,9-12H2,1-5H3. The molecule has 0 spiro atoms. The van der Waals surface area contributed by atoms with Crippen LogP contribution in [0.2, 0.25) is 0 Å². The zero-order valence-electron chi connectivity index (χ0n) is 12.6. The number of nitrogens with zero attached hydrogens (tertiary/aromatic N) is 1. The molecule has 2 heteroatoms. The molecule has 0 aromatic carbocycles. The molecule has 0 aliphatic heterocycles. The highest BCUT2D eigenvalue weighted by Crippen LogP contribution is 2.45. The van der Waals surface area contributed by atoms with Crippen LogP contribution in [-0.2, 0) is 13.6 Å². The van der Waals surface area contributed by atoms with E-state index in [1.54, 1.807) is 0 Å². The highest BCUT2D eigenvalue weighted by atomic mass is 15.0. The Hall–Kier alpha value is -0.760. The normalized spacial score (nSPS) is 23.2. The van der Waals surface area contributed by atoms with Gasteiger partial charge in [0.25, 0.3) is 0 Å². The Morgan fingerprint density at radius 1 is 1.22 bits per heavy atom. The van der Waals surface area contributed by atoms with Crippen molar-refractivity contribution in [3.8, 4) is 0 Å². The van der Waals surface area contributed by atoms with Gasteiger partial charge in [0.2, 0.25) is 0 Å². The van der Waals surface area contributed by atoms with Crippen molar-refractivity contribution in [1.29, 1.82) is 0 Å². The first-order chi connectivity index (χ1) is 8.27. The zero-order chi connectivity index (χ0) is 13.4. The molecule has 1 saturated carbocycles. The average molecular weight is 248 g/mol. The Bertz CT molecular complexity index is 385. The molecule has 1 N–H and O–H groups in total. The Labute approximate surface area is 112 Å². The van der Waals surface area contributed by atoms with Crippen LogP contribution in [0.1, 0.15) is 52.7 Å². The molecule has 102 valence electrons. The van der Waals surface area contributed by atoms with Crippen molar-refractivity contribution in [1.82, 2.24) is 9.88 Å². The van der Waals surface area contributed by atoms with Crippen LogP contribution in [0.25, 0.3) is 0 Å². The lowest BCUT2D eigenvalue weighted by atomic mass is 9.63. The van der Waals surface area contributed by atoms with Crippen molar-refractivity contribution in [2.75, 3.05) is 0 Å². The number of hydrogen-bond donors (Lipinski definition) is 1. The second-order valence-electron chi connectivity index (χ2n) is 7.60. The van der Waals surface area contributed by atoms with Gasteiger partial charge in [-0.25, -0.2) is 0 Å². The monoisotopic (exact) mass is 248 g/mol. The van der Waals surface area contributed by atoms with E-state index in [9.17, 15) is 0 Å². The summed E-state index contributed by atoms with van der Waals surface area (Å²) in [6.07, 6.45) is 6.04. The maximum atomic E-state index is 3.76. The van der Waals surface area contributed by atoms with Gasteiger partial charge in [0, 0.05) is 31.5 Å². The number of aromatic nitrogens is 1. The molecule has 1 heterocycles. The minimum absolute atomic E-state index is 0.466. The molecule has 0 bridgehead atoms. The fourth-order valence-electron chi connectivity index (χ4n) is 3.92. The molecular formula is C16H28N2. The van der Waals surface area contributed by atoms with Gasteiger partial charge in [0.05, 0.1) is 0 Å². The summed E-state index contributed by atoms with van der Waals surface area (Å²) in [5, 5.41) is 3.76. The highest BCUT2D eigenvalue weighted by molar-refractivity contribution is 5.06. The Morgan fingerprint density at radius 3 is 2.33 bits per heavy atom. The van der Waals surface area contributed by atoms with Gasteiger partial charge >= 0.3 is 0 Å². The first-order valence-corrected chi connectivity index (χ1v) is 7.11. The van der Waals surface area contributed by atoms with Crippen molar-refractivity contribution >= 4 is 0 Å². The number of nitrogens with one attached hydrogen (secondary N) is 1. The van der Waals surface area contributed by atoms with E-state index in [-0.39, 0.29) is 0 Å². The van der Waals surface area contributed by atoms with Gasteiger partial charge in [-0.1, -0.05) is 27.7 Å². The summed E-state index contributed by atoms with van der Waals surface area (Å²) >= 11 is 0. The minimum Gasteiger partial charge on any atom is -0.353 e. The molecule has 1 aromatic heterocycles. The summed E-state index contributed by atoms with van der Waals surface area (Å²) < 4.78 is 2.20. The first-order valence-electron chi connectivity index (χ1n) is 7.11. The summed E-state index contributed by atoms with van der Waals surface area (Å²) in [5.41, 5.74) is 2.30. The van der Waals surface area contributed by atoms with E-state index < -0.39 is 0 Å². The lowest BCUT2D eigenvalue weighted by Crippen LogP contribution is -2.43. The quantitative estimate of drug-likeness (QED) is 0.862. The van der Waals surface area contributed by atoms with Gasteiger partial charge in [-0.15, -0.1) is 0 Å². The van der Waals surface area contributed by atoms with Crippen molar-refractivity contribution in [2.24, 2.45) is 17.9 Å². The molecule has 0 saturated heterocycles. The Morgan fingerprint density at radius 2 is 1.83 bits per heavy atom. The summed E-state index contributed by atoms with van der Waals surface area (Å²) in [4.78, 5) is 0. The Kier molecular flexibility index (Phi) is 3.59. The predicted molar refractivity (Wildman–Crippen MR) is 77.5 cm³/mol. The van der Waals surface area contributed by atoms with Gasteiger partial charge in [0.1, 0.15) is 0 Å². The molecule has 2 rings (SSSR count). The van der Waals surface area contributed by atoms with Gasteiger partial charge in [-0.2, -0.15) is 0 Å². The molecule has 2 nitrogen and oxygen atoms in total. The highest BCUT2D eigenvalue weighted by Gasteiger charge is 2.38. The van der Waals surface area contributed by atoms with Crippen LogP contribution >= 0.6 is 0 Å². The molecule has 0 unspecified atom stereocenters. The number of hydrogen-bond acceptors (Lipinski definition) is 1. The molecule has 0 radical (unpaired) electrons. The average Bonchev–Trinajstić information content (AvgIpc) is 2.56. The van der Waals surface area contributed by atoms with Crippen LogP contribution in [0.3, 0.4) is 0 Å². The van der Waals surface area contributed by atoms with Crippen molar-refractivity contribution in [2.45, 2.75) is 59.5 Å². The SMILES string of the molecule is Cn1cccc1CNC1CC(C)(C)CC(C)(C)C1. The van der Waals surface area contributed by atoms with Crippen molar-refractivity contribution in [3.63, 3.8) is 0 Å². The fraction of sp³-hybridized carbons (Fsp3) is 0.750. The molecule has 18 heavy (non-hydrogen) atoms. The predicted octanol–water partition coefficient (Wildman–Crippen LogP) is 3.72. The van der Waals surface area contributed by atoms with Crippen LogP contribution in [0.4, 0.5) is 0 Å². The maximum absolute atomic E-state index is 3.76. The van der Waals surface area contributed by atoms with Crippen LogP contribution in [0, 0.1) is 10.8 Å². The van der Waals surface area contributed by atoms with E-state index in [1.807, 2.05) is 0 Å². The van der Waals surface area contributed by atoms with E-state index >= 15 is 0 Å². The molecule has 1 aliphatic carbocycles. The topological polar surface area (TPSA) is 17.0 Å². The molecule has 0 amide bonds. The largest absolute Gasteiger partial charge is 0.353 e. The van der Waals surface area contributed by atoms with E-state index in [0.29, 0.717) is 16.9 Å². The Balaban J connectivity index is 1.95. The fourth-order valence-corrected chi connectivity index (χ4v) is 3.92. The second kappa shape index (κ2) is 4.73. The van der Waals surface area contributed by atoms with E-state index in [1.165, 1.54) is 25.0 Å². The molecule has 1 fully saturated rings. The van der Waals surface area contributed by atoms with E-state index in [2.05, 4.69) is 63.0 Å². The molecule has 1 aromatic rings. The summed E-state index contributed by atoms with van der Waals surface area (Å²) in [6.45, 7) is 10.6. The maximum Gasteiger partial charge on any atom is 0.0361 e. The summed E-state index contributed by atoms with van der Waals surface area (Å²) in [6, 6.07) is 4.97. The summed E-state index contributed by atoms with van der Waals surface area (Å²) in [7, 11) is 2.12. The van der Waals surface area contributed by atoms with Crippen LogP contribution in [0.5, 0.6) is 0 Å². The van der Waals surface area contributed by atoms with E-state index in [4.69, 9.17) is 0 Å². The van der Waals surface area contributed by atoms with Crippen LogP contribution in [0.15, 0.2) is 18.3 Å². The molecule has 1 aliphatic rings. The second-order valence-corrected chi connectivity index (χ2v) is 7.60. The van der Waals surface area contributed by atoms with Gasteiger partial charge < -0.3 is 9.88 Å². The van der Waals surface area contributed by atoms with E-state index in [0.717, 1.165) is 6.54 Å². The smallest absolute Gasteiger partial charge is 0.0361 e. The number of rotatable bonds is 3. The zero-order valence-corrected chi connectivity index (χ0v) is 12.6. The molecular weight excluding hydrogens is 220 g/mol. The van der Waals surface area contributed by atoms with Gasteiger partial charge in [-0.3, -0.25) is 0 Å². The number of aryl methyl sites for hydroxylation is 1. The third kappa shape index (κ3) is 3.38. The third-order valence-electron chi connectivity index (χ3n) is 4.18. The molecule has 0 atom stereocenters. The van der Waals surface area contributed by atoms with Crippen LogP contribution < -0.4 is 5.32 Å². The van der Waals surface area contributed by atoms with Crippen molar-refractivity contribution < 1.29 is 0 Å². The first kappa shape index (κ1) is 13.7. The lowest BCUT2D eigenvalue weighted by molar-refractivity contribution is 0.0842. The van der Waals surface area contributed by atoms with Gasteiger partial charge in [0.15, 0.2) is 0 Å².